The Hall–Kier alpha value is -1.95. The summed E-state index contributed by atoms with van der Waals surface area (Å²) < 4.78 is 0. The highest BCUT2D eigenvalue weighted by Gasteiger charge is 2.32. The number of anilines is 1. The van der Waals surface area contributed by atoms with Gasteiger partial charge in [0, 0.05) is 50.6 Å². The molecule has 3 aliphatic rings. The lowest BCUT2D eigenvalue weighted by Gasteiger charge is -2.35. The molecule has 1 fully saturated rings. The first-order valence-electron chi connectivity index (χ1n) is 11.2. The molecule has 0 saturated carbocycles. The zero-order valence-corrected chi connectivity index (χ0v) is 18.4. The summed E-state index contributed by atoms with van der Waals surface area (Å²) in [4.78, 5) is 27.3. The fraction of sp³-hybridized carbons (Fsp3) is 0.696. The van der Waals surface area contributed by atoms with Gasteiger partial charge in [-0.25, -0.2) is 9.97 Å². The first-order chi connectivity index (χ1) is 14.0. The smallest absolute Gasteiger partial charge is 0.226 e. The minimum atomic E-state index is 0.182. The standard InChI is InChI=1S/C23H35N5O/c1-15-5-6-18(13-16(15)2)23(29)28-11-7-17(8-12-28)21-25-20-14-27(4)10-9-19(20)22(24-3)26-21/h17-18H,5-14H2,1-4H3,(H,24,25,26)/t18-/m1/s1. The van der Waals surface area contributed by atoms with E-state index in [1.165, 1.54) is 22.4 Å². The largest absolute Gasteiger partial charge is 0.373 e. The van der Waals surface area contributed by atoms with Crippen molar-refractivity contribution in [3.05, 3.63) is 28.2 Å². The number of aromatic nitrogens is 2. The Morgan fingerprint density at radius 2 is 1.79 bits per heavy atom. The van der Waals surface area contributed by atoms with Crippen molar-refractivity contribution < 1.29 is 4.79 Å². The highest BCUT2D eigenvalue weighted by atomic mass is 16.2. The lowest BCUT2D eigenvalue weighted by Crippen LogP contribution is -2.42. The van der Waals surface area contributed by atoms with Crippen LogP contribution < -0.4 is 5.32 Å². The number of nitrogens with one attached hydrogen (secondary N) is 1. The van der Waals surface area contributed by atoms with Crippen LogP contribution in [0.3, 0.4) is 0 Å². The average molecular weight is 398 g/mol. The minimum Gasteiger partial charge on any atom is -0.373 e. The van der Waals surface area contributed by atoms with Gasteiger partial charge in [-0.15, -0.1) is 0 Å². The third kappa shape index (κ3) is 4.18. The Bertz CT molecular complexity index is 810. The van der Waals surface area contributed by atoms with Gasteiger partial charge in [0.15, 0.2) is 0 Å². The van der Waals surface area contributed by atoms with Crippen molar-refractivity contribution in [2.75, 3.05) is 39.0 Å². The van der Waals surface area contributed by atoms with Crippen molar-refractivity contribution in [3.8, 4) is 0 Å². The molecule has 29 heavy (non-hydrogen) atoms. The first-order valence-corrected chi connectivity index (χ1v) is 11.2. The van der Waals surface area contributed by atoms with E-state index in [2.05, 4.69) is 36.0 Å². The Kier molecular flexibility index (Phi) is 5.91. The Morgan fingerprint density at radius 3 is 2.48 bits per heavy atom. The van der Waals surface area contributed by atoms with Gasteiger partial charge in [0.1, 0.15) is 11.6 Å². The van der Waals surface area contributed by atoms with Crippen molar-refractivity contribution >= 4 is 11.7 Å². The number of amides is 1. The third-order valence-electron chi connectivity index (χ3n) is 7.18. The molecule has 1 aliphatic carbocycles. The molecule has 0 unspecified atom stereocenters. The molecule has 1 aromatic rings. The van der Waals surface area contributed by atoms with Crippen LogP contribution in [0.2, 0.25) is 0 Å². The van der Waals surface area contributed by atoms with E-state index in [0.717, 1.165) is 76.3 Å². The number of hydrogen-bond donors (Lipinski definition) is 1. The summed E-state index contributed by atoms with van der Waals surface area (Å²) >= 11 is 0. The number of likely N-dealkylation sites (N-methyl/N-ethyl adjacent to an activating group) is 1. The summed E-state index contributed by atoms with van der Waals surface area (Å²) in [6, 6.07) is 0. The summed E-state index contributed by atoms with van der Waals surface area (Å²) in [5.74, 6) is 2.85. The number of hydrogen-bond acceptors (Lipinski definition) is 5. The van der Waals surface area contributed by atoms with Gasteiger partial charge < -0.3 is 15.1 Å². The van der Waals surface area contributed by atoms with E-state index in [0.29, 0.717) is 11.8 Å². The maximum atomic E-state index is 13.0. The summed E-state index contributed by atoms with van der Waals surface area (Å²) in [5, 5.41) is 3.29. The van der Waals surface area contributed by atoms with Crippen LogP contribution in [0.25, 0.3) is 0 Å². The molecule has 1 N–H and O–H groups in total. The molecule has 6 nitrogen and oxygen atoms in total. The highest BCUT2D eigenvalue weighted by Crippen LogP contribution is 2.33. The molecular formula is C23H35N5O. The SMILES string of the molecule is CNc1nc(C2CCN(C(=O)[C@@H]3CCC(C)=C(C)C3)CC2)nc2c1CCN(C)C2. The monoisotopic (exact) mass is 397 g/mol. The first kappa shape index (κ1) is 20.3. The molecule has 2 aliphatic heterocycles. The van der Waals surface area contributed by atoms with Crippen molar-refractivity contribution in [1.82, 2.24) is 19.8 Å². The van der Waals surface area contributed by atoms with Gasteiger partial charge in [0.25, 0.3) is 0 Å². The summed E-state index contributed by atoms with van der Waals surface area (Å²) in [7, 11) is 4.10. The van der Waals surface area contributed by atoms with Gasteiger partial charge in [-0.2, -0.15) is 0 Å². The predicted molar refractivity (Wildman–Crippen MR) is 116 cm³/mol. The van der Waals surface area contributed by atoms with Crippen LogP contribution in [0.4, 0.5) is 5.82 Å². The van der Waals surface area contributed by atoms with E-state index < -0.39 is 0 Å². The fourth-order valence-electron chi connectivity index (χ4n) is 5.05. The number of piperidine rings is 1. The molecule has 0 radical (unpaired) electrons. The molecule has 158 valence electrons. The fourth-order valence-corrected chi connectivity index (χ4v) is 5.05. The van der Waals surface area contributed by atoms with Crippen LogP contribution in [0, 0.1) is 5.92 Å². The second-order valence-electron chi connectivity index (χ2n) is 9.19. The van der Waals surface area contributed by atoms with E-state index >= 15 is 0 Å². The molecule has 0 spiro atoms. The average Bonchev–Trinajstić information content (AvgIpc) is 2.74. The minimum absolute atomic E-state index is 0.182. The van der Waals surface area contributed by atoms with Crippen molar-refractivity contribution in [1.29, 1.82) is 0 Å². The molecule has 1 saturated heterocycles. The lowest BCUT2D eigenvalue weighted by atomic mass is 9.83. The second-order valence-corrected chi connectivity index (χ2v) is 9.19. The predicted octanol–water partition coefficient (Wildman–Crippen LogP) is 3.35. The molecule has 0 aromatic carbocycles. The van der Waals surface area contributed by atoms with E-state index in [1.807, 2.05) is 7.05 Å². The maximum Gasteiger partial charge on any atom is 0.226 e. The molecule has 1 atom stereocenters. The van der Waals surface area contributed by atoms with Gasteiger partial charge in [0.2, 0.25) is 5.91 Å². The van der Waals surface area contributed by atoms with Gasteiger partial charge in [-0.05, 0) is 59.4 Å². The van der Waals surface area contributed by atoms with E-state index in [-0.39, 0.29) is 5.92 Å². The Morgan fingerprint density at radius 1 is 1.03 bits per heavy atom. The Balaban J connectivity index is 1.42. The zero-order chi connectivity index (χ0) is 20.5. The molecule has 1 amide bonds. The Labute approximate surface area is 174 Å². The van der Waals surface area contributed by atoms with Crippen LogP contribution in [0.15, 0.2) is 11.1 Å². The van der Waals surface area contributed by atoms with Crippen LogP contribution >= 0.6 is 0 Å². The van der Waals surface area contributed by atoms with Gasteiger partial charge >= 0.3 is 0 Å². The molecular weight excluding hydrogens is 362 g/mol. The van der Waals surface area contributed by atoms with Crippen LogP contribution in [0.5, 0.6) is 0 Å². The topological polar surface area (TPSA) is 61.4 Å². The van der Waals surface area contributed by atoms with Gasteiger partial charge in [0.05, 0.1) is 5.69 Å². The molecule has 3 heterocycles. The van der Waals surface area contributed by atoms with E-state index in [1.54, 1.807) is 0 Å². The maximum absolute atomic E-state index is 13.0. The van der Waals surface area contributed by atoms with E-state index in [4.69, 9.17) is 9.97 Å². The van der Waals surface area contributed by atoms with Crippen molar-refractivity contribution in [3.63, 3.8) is 0 Å². The van der Waals surface area contributed by atoms with Crippen LogP contribution in [-0.2, 0) is 17.8 Å². The highest BCUT2D eigenvalue weighted by molar-refractivity contribution is 5.79. The number of carbonyl (C=O) groups is 1. The quantitative estimate of drug-likeness (QED) is 0.793. The van der Waals surface area contributed by atoms with Gasteiger partial charge in [-0.3, -0.25) is 4.79 Å². The van der Waals surface area contributed by atoms with Gasteiger partial charge in [-0.1, -0.05) is 11.1 Å². The van der Waals surface area contributed by atoms with Crippen LogP contribution in [-0.4, -0.2) is 59.4 Å². The van der Waals surface area contributed by atoms with Crippen LogP contribution in [0.1, 0.15) is 69.0 Å². The number of carbonyl (C=O) groups excluding carboxylic acids is 1. The van der Waals surface area contributed by atoms with Crippen molar-refractivity contribution in [2.45, 2.75) is 64.8 Å². The number of likely N-dealkylation sites (tertiary alicyclic amines) is 1. The zero-order valence-electron chi connectivity index (χ0n) is 18.4. The third-order valence-corrected chi connectivity index (χ3v) is 7.18. The number of rotatable bonds is 3. The second kappa shape index (κ2) is 8.42. The normalized spacial score (nSPS) is 23.9. The van der Waals surface area contributed by atoms with E-state index in [9.17, 15) is 4.79 Å². The summed E-state index contributed by atoms with van der Waals surface area (Å²) in [6.45, 7) is 8.00. The number of fused-ring (bicyclic) bond motifs is 1. The lowest BCUT2D eigenvalue weighted by molar-refractivity contribution is -0.137. The molecule has 4 rings (SSSR count). The molecule has 0 bridgehead atoms. The molecule has 1 aromatic heterocycles. The number of nitrogens with zero attached hydrogens (tertiary/aromatic N) is 4. The summed E-state index contributed by atoms with van der Waals surface area (Å²) in [5.41, 5.74) is 5.34. The van der Waals surface area contributed by atoms with Crippen molar-refractivity contribution in [2.24, 2.45) is 5.92 Å². The number of allylic oxidation sites excluding steroid dienone is 2. The molecule has 6 heteroatoms. The summed E-state index contributed by atoms with van der Waals surface area (Å²) in [6.07, 6.45) is 5.95.